The number of hydrogen-bond donors (Lipinski definition) is 1. The highest BCUT2D eigenvalue weighted by Crippen LogP contribution is 2.22. The van der Waals surface area contributed by atoms with E-state index in [9.17, 15) is 9.18 Å². The Hall–Kier alpha value is -1.53. The van der Waals surface area contributed by atoms with Gasteiger partial charge in [0.05, 0.1) is 17.3 Å². The van der Waals surface area contributed by atoms with Crippen molar-refractivity contribution in [1.82, 2.24) is 4.90 Å². The zero-order chi connectivity index (χ0) is 14.7. The summed E-state index contributed by atoms with van der Waals surface area (Å²) in [6.07, 6.45) is 0. The lowest BCUT2D eigenvalue weighted by atomic mass is 10.3. The van der Waals surface area contributed by atoms with Gasteiger partial charge >= 0.3 is 6.03 Å². The first-order valence-corrected chi connectivity index (χ1v) is 6.85. The molecule has 0 fully saturated rings. The average Bonchev–Trinajstić information content (AvgIpc) is 2.80. The number of carbonyl (C=O) groups is 1. The second-order valence-corrected chi connectivity index (χ2v) is 5.28. The number of urea groups is 1. The summed E-state index contributed by atoms with van der Waals surface area (Å²) in [4.78, 5) is 13.3. The standard InChI is InChI=1S/C13H11BrClFN2O2/c1-18(7-8-5-6-11(14)20-8)13(19)17-10-4-2-3-9(15)12(10)16/h2-6H,7H2,1H3,(H,17,19). The van der Waals surface area contributed by atoms with Crippen molar-refractivity contribution in [2.45, 2.75) is 6.54 Å². The van der Waals surface area contributed by atoms with Crippen LogP contribution in [0.25, 0.3) is 0 Å². The molecule has 1 aromatic heterocycles. The highest BCUT2D eigenvalue weighted by molar-refractivity contribution is 9.10. The van der Waals surface area contributed by atoms with Gasteiger partial charge in [0.1, 0.15) is 5.76 Å². The summed E-state index contributed by atoms with van der Waals surface area (Å²) in [6, 6.07) is 7.43. The van der Waals surface area contributed by atoms with Crippen LogP contribution in [-0.4, -0.2) is 18.0 Å². The van der Waals surface area contributed by atoms with Gasteiger partial charge in [0, 0.05) is 7.05 Å². The monoisotopic (exact) mass is 360 g/mol. The van der Waals surface area contributed by atoms with Crippen LogP contribution in [0, 0.1) is 5.82 Å². The van der Waals surface area contributed by atoms with E-state index < -0.39 is 11.8 Å². The molecule has 2 rings (SSSR count). The van der Waals surface area contributed by atoms with Crippen LogP contribution in [0.5, 0.6) is 0 Å². The SMILES string of the molecule is CN(Cc1ccc(Br)o1)C(=O)Nc1cccc(Cl)c1F. The number of nitrogens with zero attached hydrogens (tertiary/aromatic N) is 1. The molecule has 0 spiro atoms. The van der Waals surface area contributed by atoms with Gasteiger partial charge in [-0.25, -0.2) is 9.18 Å². The maximum atomic E-state index is 13.7. The normalized spacial score (nSPS) is 10.4. The molecular formula is C13H11BrClFN2O2. The molecule has 0 unspecified atom stereocenters. The Balaban J connectivity index is 2.02. The van der Waals surface area contributed by atoms with Crippen molar-refractivity contribution < 1.29 is 13.6 Å². The Morgan fingerprint density at radius 1 is 1.45 bits per heavy atom. The fraction of sp³-hybridized carbons (Fsp3) is 0.154. The molecule has 0 saturated heterocycles. The average molecular weight is 362 g/mol. The molecule has 20 heavy (non-hydrogen) atoms. The topological polar surface area (TPSA) is 45.5 Å². The zero-order valence-corrected chi connectivity index (χ0v) is 12.8. The minimum absolute atomic E-state index is 0.0370. The lowest BCUT2D eigenvalue weighted by Gasteiger charge is -2.17. The molecule has 2 aromatic rings. The second kappa shape index (κ2) is 6.28. The molecule has 4 nitrogen and oxygen atoms in total. The van der Waals surface area contributed by atoms with E-state index in [4.69, 9.17) is 16.0 Å². The number of nitrogens with one attached hydrogen (secondary N) is 1. The number of anilines is 1. The third-order valence-electron chi connectivity index (χ3n) is 2.56. The van der Waals surface area contributed by atoms with Crippen molar-refractivity contribution in [3.8, 4) is 0 Å². The van der Waals surface area contributed by atoms with Crippen LogP contribution in [0.3, 0.4) is 0 Å². The van der Waals surface area contributed by atoms with Crippen molar-refractivity contribution in [3.05, 3.63) is 51.6 Å². The lowest BCUT2D eigenvalue weighted by molar-refractivity contribution is 0.216. The first-order valence-electron chi connectivity index (χ1n) is 5.67. The maximum absolute atomic E-state index is 13.7. The number of carbonyl (C=O) groups excluding carboxylic acids is 1. The van der Waals surface area contributed by atoms with E-state index in [1.54, 1.807) is 25.2 Å². The molecule has 0 radical (unpaired) electrons. The first kappa shape index (κ1) is 14.9. The number of benzene rings is 1. The second-order valence-electron chi connectivity index (χ2n) is 4.09. The van der Waals surface area contributed by atoms with Gasteiger partial charge in [-0.1, -0.05) is 17.7 Å². The van der Waals surface area contributed by atoms with Crippen molar-refractivity contribution in [1.29, 1.82) is 0 Å². The van der Waals surface area contributed by atoms with Crippen LogP contribution < -0.4 is 5.32 Å². The molecule has 0 aliphatic heterocycles. The molecule has 0 atom stereocenters. The molecule has 0 saturated carbocycles. The number of rotatable bonds is 3. The Morgan fingerprint density at radius 2 is 2.20 bits per heavy atom. The van der Waals surface area contributed by atoms with Crippen molar-refractivity contribution in [2.24, 2.45) is 0 Å². The minimum atomic E-state index is -0.656. The number of furan rings is 1. The summed E-state index contributed by atoms with van der Waals surface area (Å²) in [7, 11) is 1.58. The number of halogens is 3. The molecule has 0 bridgehead atoms. The van der Waals surface area contributed by atoms with Gasteiger partial charge in [0.2, 0.25) is 0 Å². The van der Waals surface area contributed by atoms with E-state index in [1.807, 2.05) is 0 Å². The van der Waals surface area contributed by atoms with Crippen LogP contribution >= 0.6 is 27.5 Å². The molecule has 0 aliphatic carbocycles. The van der Waals surface area contributed by atoms with Gasteiger partial charge < -0.3 is 14.6 Å². The summed E-state index contributed by atoms with van der Waals surface area (Å²) >= 11 is 8.83. The summed E-state index contributed by atoms with van der Waals surface area (Å²) in [6.45, 7) is 0.264. The predicted octanol–water partition coefficient (Wildman–Crippen LogP) is 4.50. The molecule has 1 aromatic carbocycles. The van der Waals surface area contributed by atoms with Gasteiger partial charge in [-0.05, 0) is 40.2 Å². The largest absolute Gasteiger partial charge is 0.452 e. The van der Waals surface area contributed by atoms with Crippen LogP contribution in [0.1, 0.15) is 5.76 Å². The van der Waals surface area contributed by atoms with E-state index in [0.717, 1.165) is 0 Å². The molecule has 2 amide bonds. The van der Waals surface area contributed by atoms with E-state index in [-0.39, 0.29) is 17.3 Å². The summed E-state index contributed by atoms with van der Waals surface area (Å²) in [5.41, 5.74) is 0.0370. The quantitative estimate of drug-likeness (QED) is 0.875. The summed E-state index contributed by atoms with van der Waals surface area (Å²) in [5.74, 6) is -0.0437. The molecule has 1 N–H and O–H groups in total. The molecule has 106 valence electrons. The predicted molar refractivity (Wildman–Crippen MR) is 78.3 cm³/mol. The lowest BCUT2D eigenvalue weighted by Crippen LogP contribution is -2.31. The number of hydrogen-bond acceptors (Lipinski definition) is 2. The van der Waals surface area contributed by atoms with Crippen LogP contribution in [0.2, 0.25) is 5.02 Å². The maximum Gasteiger partial charge on any atom is 0.322 e. The van der Waals surface area contributed by atoms with Crippen molar-refractivity contribution in [2.75, 3.05) is 12.4 Å². The molecule has 7 heteroatoms. The van der Waals surface area contributed by atoms with E-state index in [1.165, 1.54) is 17.0 Å². The third-order valence-corrected chi connectivity index (χ3v) is 3.28. The Bertz CT molecular complexity index is 633. The Morgan fingerprint density at radius 3 is 2.85 bits per heavy atom. The van der Waals surface area contributed by atoms with Crippen LogP contribution in [-0.2, 0) is 6.54 Å². The smallest absolute Gasteiger partial charge is 0.322 e. The van der Waals surface area contributed by atoms with E-state index in [2.05, 4.69) is 21.2 Å². The molecule has 0 aliphatic rings. The van der Waals surface area contributed by atoms with Gasteiger partial charge in [-0.2, -0.15) is 0 Å². The van der Waals surface area contributed by atoms with Gasteiger partial charge in [0.15, 0.2) is 10.5 Å². The number of amides is 2. The molecule has 1 heterocycles. The van der Waals surface area contributed by atoms with Crippen LogP contribution in [0.4, 0.5) is 14.9 Å². The van der Waals surface area contributed by atoms with Crippen LogP contribution in [0.15, 0.2) is 39.4 Å². The van der Waals surface area contributed by atoms with Crippen molar-refractivity contribution >= 4 is 39.2 Å². The third kappa shape index (κ3) is 3.52. The zero-order valence-electron chi connectivity index (χ0n) is 10.5. The van der Waals surface area contributed by atoms with Crippen molar-refractivity contribution in [3.63, 3.8) is 0 Å². The van der Waals surface area contributed by atoms with E-state index in [0.29, 0.717) is 10.4 Å². The first-order chi connectivity index (χ1) is 9.47. The Kier molecular flexibility index (Phi) is 4.67. The van der Waals surface area contributed by atoms with Gasteiger partial charge in [0.25, 0.3) is 0 Å². The fourth-order valence-electron chi connectivity index (χ4n) is 1.55. The van der Waals surface area contributed by atoms with E-state index >= 15 is 0 Å². The minimum Gasteiger partial charge on any atom is -0.452 e. The summed E-state index contributed by atoms with van der Waals surface area (Å²) < 4.78 is 19.5. The van der Waals surface area contributed by atoms with Gasteiger partial charge in [-0.3, -0.25) is 0 Å². The van der Waals surface area contributed by atoms with Gasteiger partial charge in [-0.15, -0.1) is 0 Å². The highest BCUT2D eigenvalue weighted by Gasteiger charge is 2.14. The molecular weight excluding hydrogens is 351 g/mol. The Labute approximate surface area is 128 Å². The fourth-order valence-corrected chi connectivity index (χ4v) is 2.07. The summed E-state index contributed by atoms with van der Waals surface area (Å²) in [5, 5.41) is 2.41. The highest BCUT2D eigenvalue weighted by atomic mass is 79.9.